The van der Waals surface area contributed by atoms with Crippen molar-refractivity contribution in [1.29, 1.82) is 0 Å². The van der Waals surface area contributed by atoms with Crippen molar-refractivity contribution in [2.24, 2.45) is 0 Å². The van der Waals surface area contributed by atoms with E-state index in [1.807, 2.05) is 0 Å². The number of rotatable bonds is 12. The Morgan fingerprint density at radius 2 is 1.73 bits per heavy atom. The molecule has 0 atom stereocenters. The van der Waals surface area contributed by atoms with Crippen LogP contribution in [0.3, 0.4) is 0 Å². The SMILES string of the molecule is COc1c(OCCCN2CCOCC2)ccc2c(Oc3ccc(NS(=O)(=O)c4ccccc4OC(F)(F)F)cc3F)ccnc12. The lowest BCUT2D eigenvalue weighted by atomic mass is 10.1. The van der Waals surface area contributed by atoms with Gasteiger partial charge in [-0.2, -0.15) is 0 Å². The highest BCUT2D eigenvalue weighted by atomic mass is 32.2. The van der Waals surface area contributed by atoms with Crippen LogP contribution < -0.4 is 23.7 Å². The average molecular weight is 652 g/mol. The number of methoxy groups -OCH3 is 1. The number of para-hydroxylation sites is 1. The van der Waals surface area contributed by atoms with Crippen LogP contribution in [0.4, 0.5) is 23.2 Å². The zero-order valence-corrected chi connectivity index (χ0v) is 24.8. The summed E-state index contributed by atoms with van der Waals surface area (Å²) in [6, 6.07) is 12.4. The Morgan fingerprint density at radius 3 is 2.47 bits per heavy atom. The van der Waals surface area contributed by atoms with E-state index in [1.54, 1.807) is 12.1 Å². The lowest BCUT2D eigenvalue weighted by Gasteiger charge is -2.26. The van der Waals surface area contributed by atoms with Crippen LogP contribution in [0.5, 0.6) is 28.7 Å². The van der Waals surface area contributed by atoms with Crippen LogP contribution >= 0.6 is 0 Å². The number of hydrogen-bond donors (Lipinski definition) is 1. The van der Waals surface area contributed by atoms with Crippen molar-refractivity contribution in [1.82, 2.24) is 9.88 Å². The predicted molar refractivity (Wildman–Crippen MR) is 156 cm³/mol. The summed E-state index contributed by atoms with van der Waals surface area (Å²) in [4.78, 5) is 5.92. The molecule has 0 radical (unpaired) electrons. The second kappa shape index (κ2) is 13.7. The molecule has 1 N–H and O–H groups in total. The Kier molecular flexibility index (Phi) is 9.80. The van der Waals surface area contributed by atoms with Crippen molar-refractivity contribution < 1.29 is 49.7 Å². The first kappa shape index (κ1) is 32.1. The van der Waals surface area contributed by atoms with Crippen LogP contribution in [0.15, 0.2) is 71.8 Å². The summed E-state index contributed by atoms with van der Waals surface area (Å²) < 4.78 is 108. The minimum atomic E-state index is -5.12. The number of morpholine rings is 1. The maximum atomic E-state index is 15.1. The van der Waals surface area contributed by atoms with Crippen LogP contribution in [0.25, 0.3) is 10.9 Å². The number of nitrogens with one attached hydrogen (secondary N) is 1. The van der Waals surface area contributed by atoms with Crippen molar-refractivity contribution in [3.8, 4) is 28.7 Å². The van der Waals surface area contributed by atoms with E-state index in [4.69, 9.17) is 18.9 Å². The predicted octanol–water partition coefficient (Wildman–Crippen LogP) is 5.98. The molecule has 45 heavy (non-hydrogen) atoms. The van der Waals surface area contributed by atoms with E-state index >= 15 is 4.39 Å². The summed E-state index contributed by atoms with van der Waals surface area (Å²) in [6.07, 6.45) is -2.85. The number of benzene rings is 3. The van der Waals surface area contributed by atoms with Crippen LogP contribution in [-0.2, 0) is 14.8 Å². The highest BCUT2D eigenvalue weighted by molar-refractivity contribution is 7.92. The third kappa shape index (κ3) is 8.04. The van der Waals surface area contributed by atoms with Crippen LogP contribution in [-0.4, -0.2) is 71.2 Å². The first-order valence-electron chi connectivity index (χ1n) is 13.8. The zero-order valence-electron chi connectivity index (χ0n) is 24.0. The van der Waals surface area contributed by atoms with Gasteiger partial charge in [0.15, 0.2) is 23.1 Å². The van der Waals surface area contributed by atoms with E-state index < -0.39 is 32.8 Å². The number of pyridine rings is 1. The number of sulfonamides is 1. The van der Waals surface area contributed by atoms with Gasteiger partial charge in [-0.05, 0) is 48.9 Å². The molecule has 3 aromatic carbocycles. The first-order valence-corrected chi connectivity index (χ1v) is 15.3. The molecule has 5 rings (SSSR count). The van der Waals surface area contributed by atoms with Gasteiger partial charge >= 0.3 is 6.36 Å². The van der Waals surface area contributed by atoms with Gasteiger partial charge in [0.2, 0.25) is 0 Å². The number of fused-ring (bicyclic) bond motifs is 1. The summed E-state index contributed by atoms with van der Waals surface area (Å²) >= 11 is 0. The molecule has 2 heterocycles. The number of ether oxygens (including phenoxy) is 5. The normalized spacial score (nSPS) is 14.2. The van der Waals surface area contributed by atoms with Crippen molar-refractivity contribution in [3.63, 3.8) is 0 Å². The number of hydrogen-bond acceptors (Lipinski definition) is 9. The second-order valence-corrected chi connectivity index (χ2v) is 11.5. The van der Waals surface area contributed by atoms with Gasteiger partial charge in [0.1, 0.15) is 21.9 Å². The summed E-state index contributed by atoms with van der Waals surface area (Å²) in [7, 11) is -3.10. The van der Waals surface area contributed by atoms with E-state index in [-0.39, 0.29) is 17.2 Å². The number of aromatic nitrogens is 1. The van der Waals surface area contributed by atoms with E-state index in [2.05, 4.69) is 19.3 Å². The topological polar surface area (TPSA) is 108 Å². The summed E-state index contributed by atoms with van der Waals surface area (Å²) in [5.74, 6) is -1.01. The quantitative estimate of drug-likeness (QED) is 0.146. The fraction of sp³-hybridized carbons (Fsp3) is 0.300. The molecule has 1 aliphatic heterocycles. The molecule has 1 saturated heterocycles. The van der Waals surface area contributed by atoms with Gasteiger partial charge in [-0.1, -0.05) is 12.1 Å². The minimum absolute atomic E-state index is 0.239. The standard InChI is InChI=1S/C30H29F4N3O7S/c1-40-29-26(42-16-4-13-37-14-17-41-18-15-37)10-8-21-23(11-12-35-28(21)29)43-24-9-7-20(19-22(24)31)36-45(38,39)27-6-3-2-5-25(27)44-30(32,33)34/h2-3,5-12,19,36H,4,13-18H2,1H3. The van der Waals surface area contributed by atoms with E-state index in [9.17, 15) is 21.6 Å². The largest absolute Gasteiger partial charge is 0.573 e. The Hall–Kier alpha value is -4.34. The zero-order chi connectivity index (χ0) is 32.0. The number of alkyl halides is 3. The number of nitrogens with zero attached hydrogens (tertiary/aromatic N) is 2. The van der Waals surface area contributed by atoms with Crippen LogP contribution in [0.1, 0.15) is 6.42 Å². The van der Waals surface area contributed by atoms with Crippen molar-refractivity contribution in [2.75, 3.05) is 51.3 Å². The van der Waals surface area contributed by atoms with Crippen molar-refractivity contribution >= 4 is 26.6 Å². The summed E-state index contributed by atoms with van der Waals surface area (Å²) in [6.45, 7) is 4.56. The molecular formula is C30H29F4N3O7S. The molecule has 10 nitrogen and oxygen atoms in total. The summed E-state index contributed by atoms with van der Waals surface area (Å²) in [5, 5.41) is 0.500. The molecule has 0 spiro atoms. The Bertz CT molecular complexity index is 1750. The highest BCUT2D eigenvalue weighted by Crippen LogP contribution is 2.40. The highest BCUT2D eigenvalue weighted by Gasteiger charge is 2.34. The van der Waals surface area contributed by atoms with Gasteiger partial charge in [0.25, 0.3) is 10.0 Å². The molecule has 1 fully saturated rings. The van der Waals surface area contributed by atoms with Gasteiger partial charge in [-0.25, -0.2) is 12.8 Å². The molecule has 4 aromatic rings. The molecule has 1 aliphatic rings. The van der Waals surface area contributed by atoms with Crippen LogP contribution in [0.2, 0.25) is 0 Å². The van der Waals surface area contributed by atoms with E-state index in [0.717, 1.165) is 57.5 Å². The first-order chi connectivity index (χ1) is 21.5. The molecule has 0 amide bonds. The average Bonchev–Trinajstić information content (AvgIpc) is 3.00. The Morgan fingerprint density at radius 1 is 0.978 bits per heavy atom. The maximum Gasteiger partial charge on any atom is 0.573 e. The monoisotopic (exact) mass is 651 g/mol. The van der Waals surface area contributed by atoms with Crippen molar-refractivity contribution in [3.05, 3.63) is 72.7 Å². The fourth-order valence-corrected chi connectivity index (χ4v) is 5.88. The van der Waals surface area contributed by atoms with Gasteiger partial charge < -0.3 is 23.7 Å². The Balaban J connectivity index is 1.30. The third-order valence-electron chi connectivity index (χ3n) is 6.74. The molecule has 15 heteroatoms. The molecular weight excluding hydrogens is 622 g/mol. The van der Waals surface area contributed by atoms with Crippen molar-refractivity contribution in [2.45, 2.75) is 17.7 Å². The molecule has 0 aliphatic carbocycles. The number of anilines is 1. The van der Waals surface area contributed by atoms with Gasteiger partial charge in [-0.3, -0.25) is 14.6 Å². The second-order valence-electron chi connectivity index (χ2n) is 9.81. The summed E-state index contributed by atoms with van der Waals surface area (Å²) in [5.41, 5.74) is 0.170. The van der Waals surface area contributed by atoms with Gasteiger partial charge in [0.05, 0.1) is 32.6 Å². The van der Waals surface area contributed by atoms with E-state index in [1.165, 1.54) is 43.6 Å². The maximum absolute atomic E-state index is 15.1. The molecule has 1 aromatic heterocycles. The lowest BCUT2D eigenvalue weighted by Crippen LogP contribution is -2.37. The smallest absolute Gasteiger partial charge is 0.491 e. The molecule has 0 saturated carbocycles. The molecule has 0 unspecified atom stereocenters. The third-order valence-corrected chi connectivity index (χ3v) is 8.16. The lowest BCUT2D eigenvalue weighted by molar-refractivity contribution is -0.275. The fourth-order valence-electron chi connectivity index (χ4n) is 4.70. The van der Waals surface area contributed by atoms with E-state index in [0.29, 0.717) is 29.0 Å². The number of halogens is 4. The molecule has 0 bridgehead atoms. The van der Waals surface area contributed by atoms with Crippen LogP contribution in [0, 0.1) is 5.82 Å². The molecule has 240 valence electrons. The van der Waals surface area contributed by atoms with Gasteiger partial charge in [-0.15, -0.1) is 13.2 Å². The minimum Gasteiger partial charge on any atom is -0.491 e. The Labute approximate surface area is 256 Å². The van der Waals surface area contributed by atoms with Gasteiger partial charge in [0, 0.05) is 37.3 Å².